The van der Waals surface area contributed by atoms with Crippen molar-refractivity contribution in [2.24, 2.45) is 0 Å². The van der Waals surface area contributed by atoms with Gasteiger partial charge in [0, 0.05) is 31.2 Å². The van der Waals surface area contributed by atoms with E-state index in [-0.39, 0.29) is 11.9 Å². The van der Waals surface area contributed by atoms with E-state index in [4.69, 9.17) is 4.74 Å². The fourth-order valence-electron chi connectivity index (χ4n) is 4.17. The Morgan fingerprint density at radius 3 is 2.53 bits per heavy atom. The molecule has 1 aliphatic heterocycles. The minimum Gasteiger partial charge on any atom is -0.489 e. The van der Waals surface area contributed by atoms with Crippen LogP contribution in [0, 0.1) is 0 Å². The van der Waals surface area contributed by atoms with Crippen molar-refractivity contribution in [2.75, 3.05) is 25.4 Å². The van der Waals surface area contributed by atoms with Gasteiger partial charge in [-0.3, -0.25) is 4.90 Å². The SMILES string of the molecule is CCS(=O)(=O)c1ccc2c(ccn2-c2ccc(OC3CCN(CC(C)(C)F)CC3)cn2)c1. The molecule has 3 heterocycles. The van der Waals surface area contributed by atoms with Gasteiger partial charge in [0.2, 0.25) is 0 Å². The third kappa shape index (κ3) is 5.13. The van der Waals surface area contributed by atoms with Crippen LogP contribution in [0.15, 0.2) is 53.7 Å². The minimum absolute atomic E-state index is 0.0785. The molecule has 1 aromatic carbocycles. The van der Waals surface area contributed by atoms with Crippen LogP contribution in [-0.4, -0.2) is 60.0 Å². The van der Waals surface area contributed by atoms with Gasteiger partial charge >= 0.3 is 0 Å². The van der Waals surface area contributed by atoms with Crippen LogP contribution in [-0.2, 0) is 9.84 Å². The number of rotatable bonds is 7. The standard InChI is InChI=1S/C24H30FN3O3S/c1-4-32(29,30)21-6-7-22-18(15-21)9-14-28(22)23-8-5-20(16-26-23)31-19-10-12-27(13-11-19)17-24(2,3)25/h5-9,14-16,19H,4,10-13,17H2,1-3H3. The maximum atomic E-state index is 13.8. The lowest BCUT2D eigenvalue weighted by atomic mass is 10.0. The van der Waals surface area contributed by atoms with Crippen LogP contribution < -0.4 is 4.74 Å². The van der Waals surface area contributed by atoms with Crippen LogP contribution in [0.5, 0.6) is 5.75 Å². The van der Waals surface area contributed by atoms with Gasteiger partial charge in [-0.15, -0.1) is 0 Å². The molecule has 172 valence electrons. The molecular formula is C24H30FN3O3S. The highest BCUT2D eigenvalue weighted by Crippen LogP contribution is 2.25. The number of alkyl halides is 1. The number of ether oxygens (including phenoxy) is 1. The summed E-state index contributed by atoms with van der Waals surface area (Å²) in [5.41, 5.74) is -0.286. The molecule has 1 saturated heterocycles. The largest absolute Gasteiger partial charge is 0.489 e. The van der Waals surface area contributed by atoms with Crippen LogP contribution in [0.2, 0.25) is 0 Å². The number of benzene rings is 1. The fourth-order valence-corrected chi connectivity index (χ4v) is 5.09. The average molecular weight is 460 g/mol. The van der Waals surface area contributed by atoms with E-state index in [0.29, 0.717) is 17.2 Å². The van der Waals surface area contributed by atoms with E-state index < -0.39 is 15.5 Å². The van der Waals surface area contributed by atoms with Crippen molar-refractivity contribution in [3.05, 3.63) is 48.8 Å². The maximum absolute atomic E-state index is 13.8. The van der Waals surface area contributed by atoms with Crippen molar-refractivity contribution in [2.45, 2.75) is 50.3 Å². The molecule has 3 aromatic rings. The van der Waals surface area contributed by atoms with Crippen molar-refractivity contribution in [3.63, 3.8) is 0 Å². The van der Waals surface area contributed by atoms with E-state index in [1.165, 1.54) is 0 Å². The van der Waals surface area contributed by atoms with Crippen LogP contribution in [0.3, 0.4) is 0 Å². The summed E-state index contributed by atoms with van der Waals surface area (Å²) >= 11 is 0. The molecule has 0 unspecified atom stereocenters. The molecule has 0 aliphatic carbocycles. The smallest absolute Gasteiger partial charge is 0.178 e. The van der Waals surface area contributed by atoms with E-state index in [1.54, 1.807) is 39.1 Å². The summed E-state index contributed by atoms with van der Waals surface area (Å²) in [7, 11) is -3.24. The van der Waals surface area contributed by atoms with Crippen LogP contribution in [0.1, 0.15) is 33.6 Å². The summed E-state index contributed by atoms with van der Waals surface area (Å²) in [5.74, 6) is 1.53. The lowest BCUT2D eigenvalue weighted by Crippen LogP contribution is -2.43. The predicted molar refractivity (Wildman–Crippen MR) is 124 cm³/mol. The summed E-state index contributed by atoms with van der Waals surface area (Å²) in [6.45, 7) is 6.98. The normalized spacial score (nSPS) is 16.5. The van der Waals surface area contributed by atoms with E-state index in [9.17, 15) is 12.8 Å². The molecule has 0 spiro atoms. The van der Waals surface area contributed by atoms with Gasteiger partial charge in [0.05, 0.1) is 22.4 Å². The quantitative estimate of drug-likeness (QED) is 0.524. The summed E-state index contributed by atoms with van der Waals surface area (Å²) in [4.78, 5) is 7.03. The summed E-state index contributed by atoms with van der Waals surface area (Å²) in [6, 6.07) is 10.9. The number of sulfone groups is 1. The van der Waals surface area contributed by atoms with Gasteiger partial charge in [-0.05, 0) is 63.1 Å². The van der Waals surface area contributed by atoms with E-state index >= 15 is 0 Å². The first kappa shape index (κ1) is 22.7. The Kier molecular flexibility index (Phi) is 6.27. The number of hydrogen-bond donors (Lipinski definition) is 0. The molecule has 0 saturated carbocycles. The van der Waals surface area contributed by atoms with Gasteiger partial charge in [0.1, 0.15) is 23.3 Å². The number of aromatic nitrogens is 2. The number of halogens is 1. The van der Waals surface area contributed by atoms with Gasteiger partial charge in [0.25, 0.3) is 0 Å². The number of likely N-dealkylation sites (tertiary alicyclic amines) is 1. The fraction of sp³-hybridized carbons (Fsp3) is 0.458. The molecule has 8 heteroatoms. The molecule has 0 radical (unpaired) electrons. The Morgan fingerprint density at radius 1 is 1.16 bits per heavy atom. The monoisotopic (exact) mass is 459 g/mol. The van der Waals surface area contributed by atoms with Gasteiger partial charge < -0.3 is 9.30 Å². The second-order valence-electron chi connectivity index (χ2n) is 8.97. The Labute approximate surface area is 188 Å². The second-order valence-corrected chi connectivity index (χ2v) is 11.3. The van der Waals surface area contributed by atoms with Crippen molar-refractivity contribution < 1.29 is 17.5 Å². The molecule has 32 heavy (non-hydrogen) atoms. The number of pyridine rings is 1. The zero-order chi connectivity index (χ0) is 22.9. The summed E-state index contributed by atoms with van der Waals surface area (Å²) < 4.78 is 46.2. The highest BCUT2D eigenvalue weighted by Gasteiger charge is 2.26. The van der Waals surface area contributed by atoms with Crippen LogP contribution in [0.4, 0.5) is 4.39 Å². The zero-order valence-corrected chi connectivity index (χ0v) is 19.6. The van der Waals surface area contributed by atoms with Gasteiger partial charge in [-0.1, -0.05) is 6.92 Å². The Morgan fingerprint density at radius 2 is 1.91 bits per heavy atom. The highest BCUT2D eigenvalue weighted by atomic mass is 32.2. The topological polar surface area (TPSA) is 64.4 Å². The van der Waals surface area contributed by atoms with E-state index in [2.05, 4.69) is 9.88 Å². The first-order chi connectivity index (χ1) is 15.1. The number of nitrogens with zero attached hydrogens (tertiary/aromatic N) is 3. The van der Waals surface area contributed by atoms with Gasteiger partial charge in [0.15, 0.2) is 9.84 Å². The van der Waals surface area contributed by atoms with Crippen molar-refractivity contribution in [3.8, 4) is 11.6 Å². The Bertz CT molecular complexity index is 1180. The van der Waals surface area contributed by atoms with Crippen LogP contribution >= 0.6 is 0 Å². The molecule has 0 atom stereocenters. The second kappa shape index (κ2) is 8.83. The number of hydrogen-bond acceptors (Lipinski definition) is 5. The lowest BCUT2D eigenvalue weighted by molar-refractivity contribution is 0.0627. The van der Waals surface area contributed by atoms with Crippen molar-refractivity contribution >= 4 is 20.7 Å². The molecule has 0 bridgehead atoms. The van der Waals surface area contributed by atoms with Crippen LogP contribution in [0.25, 0.3) is 16.7 Å². The lowest BCUT2D eigenvalue weighted by Gasteiger charge is -2.34. The van der Waals surface area contributed by atoms with E-state index in [1.807, 2.05) is 35.0 Å². The molecule has 0 N–H and O–H groups in total. The average Bonchev–Trinajstić information content (AvgIpc) is 3.18. The zero-order valence-electron chi connectivity index (χ0n) is 18.8. The first-order valence-electron chi connectivity index (χ1n) is 11.0. The summed E-state index contributed by atoms with van der Waals surface area (Å²) in [6.07, 6.45) is 5.44. The Balaban J connectivity index is 1.43. The third-order valence-electron chi connectivity index (χ3n) is 5.81. The van der Waals surface area contributed by atoms with Gasteiger partial charge in [-0.25, -0.2) is 17.8 Å². The molecule has 6 nitrogen and oxygen atoms in total. The molecule has 0 amide bonds. The van der Waals surface area contributed by atoms with Crippen molar-refractivity contribution in [1.29, 1.82) is 0 Å². The predicted octanol–water partition coefficient (Wildman–Crippen LogP) is 4.41. The molecule has 2 aromatic heterocycles. The molecule has 4 rings (SSSR count). The molecular weight excluding hydrogens is 429 g/mol. The van der Waals surface area contributed by atoms with Gasteiger partial charge in [-0.2, -0.15) is 0 Å². The first-order valence-corrected chi connectivity index (χ1v) is 12.7. The minimum atomic E-state index is -3.24. The third-order valence-corrected chi connectivity index (χ3v) is 7.54. The summed E-state index contributed by atoms with van der Waals surface area (Å²) in [5, 5.41) is 0.852. The molecule has 1 fully saturated rings. The molecule has 1 aliphatic rings. The maximum Gasteiger partial charge on any atom is 0.178 e. The van der Waals surface area contributed by atoms with E-state index in [0.717, 1.165) is 42.7 Å². The Hall–Kier alpha value is -2.45. The highest BCUT2D eigenvalue weighted by molar-refractivity contribution is 7.91. The van der Waals surface area contributed by atoms with Crippen molar-refractivity contribution in [1.82, 2.24) is 14.5 Å². The number of piperidine rings is 1. The number of fused-ring (bicyclic) bond motifs is 1.